The Hall–Kier alpha value is -1.52. The van der Waals surface area contributed by atoms with Crippen LogP contribution in [0.25, 0.3) is 0 Å². The van der Waals surface area contributed by atoms with Gasteiger partial charge < -0.3 is 9.80 Å². The van der Waals surface area contributed by atoms with Crippen LogP contribution < -0.4 is 0 Å². The molecule has 1 unspecified atom stereocenters. The molecule has 7 nitrogen and oxygen atoms in total. The summed E-state index contributed by atoms with van der Waals surface area (Å²) >= 11 is 2.97. The van der Waals surface area contributed by atoms with Crippen molar-refractivity contribution in [3.63, 3.8) is 0 Å². The van der Waals surface area contributed by atoms with Gasteiger partial charge in [0.1, 0.15) is 6.54 Å². The first-order chi connectivity index (χ1) is 13.4. The highest BCUT2D eigenvalue weighted by Crippen LogP contribution is 2.22. The second-order valence-corrected chi connectivity index (χ2v) is 10.9. The summed E-state index contributed by atoms with van der Waals surface area (Å²) in [6, 6.07) is 7.44. The van der Waals surface area contributed by atoms with Crippen molar-refractivity contribution < 1.29 is 18.6 Å². The molecular weight excluding hydrogens is 418 g/mol. The SMILES string of the molecule is CSc1ccccc1C(=O)N1CCCS(=O)(=NC(=O)CN2CSCC2=O)CC1. The van der Waals surface area contributed by atoms with Crippen LogP contribution in [0.2, 0.25) is 0 Å². The molecule has 0 spiro atoms. The third kappa shape index (κ3) is 5.09. The lowest BCUT2D eigenvalue weighted by Gasteiger charge is -2.21. The Morgan fingerprint density at radius 1 is 1.25 bits per heavy atom. The van der Waals surface area contributed by atoms with Crippen molar-refractivity contribution in [1.29, 1.82) is 0 Å². The third-order valence-corrected chi connectivity index (χ3v) is 8.64. The summed E-state index contributed by atoms with van der Waals surface area (Å²) in [5.74, 6) is 0.612. The molecule has 3 rings (SSSR count). The number of nitrogens with zero attached hydrogens (tertiary/aromatic N) is 3. The lowest BCUT2D eigenvalue weighted by Crippen LogP contribution is -2.34. The van der Waals surface area contributed by atoms with Crippen molar-refractivity contribution in [3.05, 3.63) is 29.8 Å². The number of hydrogen-bond donors (Lipinski definition) is 0. The van der Waals surface area contributed by atoms with Gasteiger partial charge in [0.15, 0.2) is 0 Å². The first-order valence-electron chi connectivity index (χ1n) is 8.95. The van der Waals surface area contributed by atoms with Crippen LogP contribution in [0.15, 0.2) is 33.5 Å². The zero-order valence-corrected chi connectivity index (χ0v) is 18.1. The number of carbonyl (C=O) groups excluding carboxylic acids is 3. The molecule has 0 N–H and O–H groups in total. The summed E-state index contributed by atoms with van der Waals surface area (Å²) in [4.78, 5) is 40.8. The fourth-order valence-corrected chi connectivity index (χ4v) is 6.55. The average Bonchev–Trinajstić information content (AvgIpc) is 2.97. The molecule has 1 aromatic carbocycles. The largest absolute Gasteiger partial charge is 0.338 e. The predicted molar refractivity (Wildman–Crippen MR) is 113 cm³/mol. The number of amides is 3. The van der Waals surface area contributed by atoms with E-state index >= 15 is 0 Å². The maximum Gasteiger partial charge on any atom is 0.273 e. The fourth-order valence-electron chi connectivity index (χ4n) is 3.15. The molecule has 0 aliphatic carbocycles. The number of hydrogen-bond acceptors (Lipinski definition) is 6. The van der Waals surface area contributed by atoms with Crippen LogP contribution in [0.3, 0.4) is 0 Å². The van der Waals surface area contributed by atoms with Crippen LogP contribution in [0, 0.1) is 0 Å². The summed E-state index contributed by atoms with van der Waals surface area (Å²) in [5.41, 5.74) is 0.640. The molecule has 1 atom stereocenters. The van der Waals surface area contributed by atoms with Crippen molar-refractivity contribution in [2.45, 2.75) is 11.3 Å². The summed E-state index contributed by atoms with van der Waals surface area (Å²) in [6.45, 7) is 0.672. The Morgan fingerprint density at radius 3 is 2.75 bits per heavy atom. The van der Waals surface area contributed by atoms with E-state index in [0.29, 0.717) is 36.7 Å². The second-order valence-electron chi connectivity index (χ2n) is 6.58. The highest BCUT2D eigenvalue weighted by molar-refractivity contribution is 8.00. The Labute approximate surface area is 173 Å². The molecule has 2 heterocycles. The normalized spacial score (nSPS) is 22.8. The van der Waals surface area contributed by atoms with Crippen molar-refractivity contribution in [2.75, 3.05) is 49.0 Å². The molecule has 152 valence electrons. The first kappa shape index (κ1) is 21.2. The summed E-state index contributed by atoms with van der Waals surface area (Å²) in [7, 11) is -2.72. The maximum atomic E-state index is 13.1. The van der Waals surface area contributed by atoms with Gasteiger partial charge in [-0.05, 0) is 24.8 Å². The summed E-state index contributed by atoms with van der Waals surface area (Å²) < 4.78 is 17.1. The highest BCUT2D eigenvalue weighted by Gasteiger charge is 2.26. The van der Waals surface area contributed by atoms with Gasteiger partial charge in [-0.25, -0.2) is 4.21 Å². The van der Waals surface area contributed by atoms with Crippen molar-refractivity contribution >= 4 is 51.0 Å². The lowest BCUT2D eigenvalue weighted by molar-refractivity contribution is -0.131. The van der Waals surface area contributed by atoms with E-state index in [-0.39, 0.29) is 29.9 Å². The molecule has 2 fully saturated rings. The quantitative estimate of drug-likeness (QED) is 0.662. The van der Waals surface area contributed by atoms with Gasteiger partial charge in [0.2, 0.25) is 5.91 Å². The number of rotatable bonds is 4. The van der Waals surface area contributed by atoms with Crippen LogP contribution in [0.5, 0.6) is 0 Å². The van der Waals surface area contributed by atoms with Crippen LogP contribution in [-0.4, -0.2) is 80.8 Å². The van der Waals surface area contributed by atoms with E-state index in [1.807, 2.05) is 24.5 Å². The molecule has 10 heteroatoms. The van der Waals surface area contributed by atoms with E-state index in [9.17, 15) is 18.6 Å². The van der Waals surface area contributed by atoms with E-state index in [1.165, 1.54) is 28.4 Å². The Morgan fingerprint density at radius 2 is 2.04 bits per heavy atom. The zero-order chi connectivity index (χ0) is 20.1. The molecule has 1 aromatic rings. The minimum Gasteiger partial charge on any atom is -0.338 e. The minimum atomic E-state index is -2.72. The first-order valence-corrected chi connectivity index (χ1v) is 13.2. The van der Waals surface area contributed by atoms with Gasteiger partial charge in [-0.2, -0.15) is 4.36 Å². The molecule has 0 aromatic heterocycles. The minimum absolute atomic E-state index is 0.0837. The number of thioether (sulfide) groups is 2. The van der Waals surface area contributed by atoms with E-state index in [0.717, 1.165) is 4.90 Å². The molecule has 0 saturated carbocycles. The number of carbonyl (C=O) groups is 3. The highest BCUT2D eigenvalue weighted by atomic mass is 32.2. The standard InChI is InChI=1S/C18H23N3O4S3/c1-26-15-6-3-2-5-14(15)18(24)20-7-4-9-28(25,10-8-20)19-16(22)11-21-13-27-12-17(21)23/h2-3,5-6H,4,7-13H2,1H3. The summed E-state index contributed by atoms with van der Waals surface area (Å²) in [6.07, 6.45) is 2.46. The van der Waals surface area contributed by atoms with Gasteiger partial charge in [-0.3, -0.25) is 14.4 Å². The lowest BCUT2D eigenvalue weighted by atomic mass is 10.2. The molecule has 2 saturated heterocycles. The Balaban J connectivity index is 1.68. The van der Waals surface area contributed by atoms with Crippen molar-refractivity contribution in [1.82, 2.24) is 9.80 Å². The van der Waals surface area contributed by atoms with Crippen LogP contribution in [-0.2, 0) is 19.3 Å². The Bertz CT molecular complexity index is 896. The Kier molecular flexibility index (Phi) is 7.05. The van der Waals surface area contributed by atoms with E-state index in [1.54, 1.807) is 11.0 Å². The van der Waals surface area contributed by atoms with E-state index in [4.69, 9.17) is 0 Å². The number of benzene rings is 1. The van der Waals surface area contributed by atoms with E-state index < -0.39 is 15.6 Å². The smallest absolute Gasteiger partial charge is 0.273 e. The second kappa shape index (κ2) is 9.32. The molecule has 0 bridgehead atoms. The monoisotopic (exact) mass is 441 g/mol. The molecular formula is C18H23N3O4S3. The topological polar surface area (TPSA) is 87.1 Å². The zero-order valence-electron chi connectivity index (χ0n) is 15.7. The molecule has 2 aliphatic heterocycles. The molecule has 0 radical (unpaired) electrons. The van der Waals surface area contributed by atoms with Gasteiger partial charge in [0.25, 0.3) is 11.8 Å². The summed E-state index contributed by atoms with van der Waals surface area (Å²) in [5, 5.41) is 0. The molecule has 2 aliphatic rings. The third-order valence-electron chi connectivity index (χ3n) is 4.62. The van der Waals surface area contributed by atoms with Gasteiger partial charge in [0.05, 0.1) is 26.9 Å². The molecule has 28 heavy (non-hydrogen) atoms. The van der Waals surface area contributed by atoms with Crippen molar-refractivity contribution in [3.8, 4) is 0 Å². The van der Waals surface area contributed by atoms with Gasteiger partial charge >= 0.3 is 0 Å². The average molecular weight is 442 g/mol. The maximum absolute atomic E-state index is 13.1. The van der Waals surface area contributed by atoms with Crippen LogP contribution in [0.4, 0.5) is 0 Å². The van der Waals surface area contributed by atoms with E-state index in [2.05, 4.69) is 4.36 Å². The fraction of sp³-hybridized carbons (Fsp3) is 0.500. The predicted octanol–water partition coefficient (Wildman–Crippen LogP) is 1.78. The van der Waals surface area contributed by atoms with Gasteiger partial charge in [0, 0.05) is 29.5 Å². The molecule has 3 amide bonds. The van der Waals surface area contributed by atoms with Gasteiger partial charge in [-0.15, -0.1) is 23.5 Å². The van der Waals surface area contributed by atoms with Gasteiger partial charge in [-0.1, -0.05) is 12.1 Å². The van der Waals surface area contributed by atoms with Crippen molar-refractivity contribution in [2.24, 2.45) is 4.36 Å². The van der Waals surface area contributed by atoms with Crippen LogP contribution in [0.1, 0.15) is 16.8 Å². The van der Waals surface area contributed by atoms with Crippen LogP contribution >= 0.6 is 23.5 Å².